The van der Waals surface area contributed by atoms with Crippen LogP contribution in [0.3, 0.4) is 0 Å². The normalized spacial score (nSPS) is 10.8. The molecule has 0 bridgehead atoms. The summed E-state index contributed by atoms with van der Waals surface area (Å²) in [7, 11) is 0. The minimum atomic E-state index is -0.221. The van der Waals surface area contributed by atoms with Crippen molar-refractivity contribution in [3.05, 3.63) is 41.6 Å². The Labute approximate surface area is 95.7 Å². The predicted octanol–water partition coefficient (Wildman–Crippen LogP) is 2.89. The maximum atomic E-state index is 10.8. The second-order valence-electron chi connectivity index (χ2n) is 3.59. The van der Waals surface area contributed by atoms with Crippen LogP contribution >= 0.6 is 0 Å². The molecule has 0 aliphatic carbocycles. The molecule has 1 N–H and O–H groups in total. The minimum Gasteiger partial charge on any atom is -0.504 e. The molecule has 0 saturated carbocycles. The molecule has 0 unspecified atom stereocenters. The Morgan fingerprint density at radius 2 is 1.59 bits per heavy atom. The van der Waals surface area contributed by atoms with Crippen molar-refractivity contribution < 1.29 is 5.11 Å². The van der Waals surface area contributed by atoms with Gasteiger partial charge in [0.2, 0.25) is 0 Å². The predicted molar refractivity (Wildman–Crippen MR) is 64.2 cm³/mol. The van der Waals surface area contributed by atoms with Gasteiger partial charge in [0, 0.05) is 23.2 Å². The SMILES string of the molecule is O=Nc1c(O)c2ncccc2c2cccnc12. The van der Waals surface area contributed by atoms with E-state index in [1.54, 1.807) is 24.5 Å². The van der Waals surface area contributed by atoms with Crippen molar-refractivity contribution in [2.75, 3.05) is 0 Å². The van der Waals surface area contributed by atoms with Crippen molar-refractivity contribution >= 4 is 27.5 Å². The van der Waals surface area contributed by atoms with Gasteiger partial charge in [-0.3, -0.25) is 9.97 Å². The van der Waals surface area contributed by atoms with Crippen molar-refractivity contribution in [2.45, 2.75) is 0 Å². The summed E-state index contributed by atoms with van der Waals surface area (Å²) < 4.78 is 0. The number of fused-ring (bicyclic) bond motifs is 3. The first-order valence-corrected chi connectivity index (χ1v) is 5.00. The van der Waals surface area contributed by atoms with E-state index < -0.39 is 0 Å². The lowest BCUT2D eigenvalue weighted by atomic mass is 10.1. The van der Waals surface area contributed by atoms with Gasteiger partial charge in [-0.25, -0.2) is 0 Å². The highest BCUT2D eigenvalue weighted by Crippen LogP contribution is 2.40. The number of aromatic hydroxyl groups is 1. The Morgan fingerprint density at radius 3 is 2.24 bits per heavy atom. The maximum Gasteiger partial charge on any atom is 0.178 e. The molecule has 0 atom stereocenters. The topological polar surface area (TPSA) is 75.4 Å². The Morgan fingerprint density at radius 1 is 1.00 bits per heavy atom. The first kappa shape index (κ1) is 9.65. The molecule has 17 heavy (non-hydrogen) atoms. The molecule has 3 rings (SSSR count). The standard InChI is InChI=1S/C12H7N3O2/c16-12-10-8(4-2-6-14-10)7-3-1-5-13-9(7)11(12)15-17/h1-6,16H. The van der Waals surface area contributed by atoms with E-state index >= 15 is 0 Å². The zero-order chi connectivity index (χ0) is 11.8. The van der Waals surface area contributed by atoms with E-state index in [9.17, 15) is 10.0 Å². The highest BCUT2D eigenvalue weighted by molar-refractivity contribution is 6.12. The van der Waals surface area contributed by atoms with Crippen LogP contribution in [0.1, 0.15) is 0 Å². The molecule has 3 aromatic rings. The van der Waals surface area contributed by atoms with Crippen LogP contribution in [0.2, 0.25) is 0 Å². The van der Waals surface area contributed by atoms with Crippen molar-refractivity contribution in [2.24, 2.45) is 5.18 Å². The number of hydrogen-bond donors (Lipinski definition) is 1. The van der Waals surface area contributed by atoms with E-state index in [1.807, 2.05) is 12.1 Å². The van der Waals surface area contributed by atoms with Crippen LogP contribution in [0, 0.1) is 4.91 Å². The average molecular weight is 225 g/mol. The third-order valence-corrected chi connectivity index (χ3v) is 2.67. The number of phenols is 1. The molecule has 5 heteroatoms. The fourth-order valence-electron chi connectivity index (χ4n) is 1.93. The maximum absolute atomic E-state index is 10.8. The highest BCUT2D eigenvalue weighted by atomic mass is 16.3. The van der Waals surface area contributed by atoms with Crippen LogP contribution < -0.4 is 0 Å². The lowest BCUT2D eigenvalue weighted by molar-refractivity contribution is 0.482. The number of rotatable bonds is 1. The lowest BCUT2D eigenvalue weighted by Gasteiger charge is -2.06. The number of nitroso groups, excluding NO2 is 1. The van der Waals surface area contributed by atoms with Crippen molar-refractivity contribution in [1.29, 1.82) is 0 Å². The zero-order valence-electron chi connectivity index (χ0n) is 8.66. The molecule has 0 radical (unpaired) electrons. The van der Waals surface area contributed by atoms with Gasteiger partial charge in [0.15, 0.2) is 11.4 Å². The van der Waals surface area contributed by atoms with E-state index in [0.29, 0.717) is 11.0 Å². The molecule has 0 saturated heterocycles. The molecule has 0 aliphatic heterocycles. The fraction of sp³-hybridized carbons (Fsp3) is 0. The number of benzene rings is 1. The average Bonchev–Trinajstić information content (AvgIpc) is 2.40. The third-order valence-electron chi connectivity index (χ3n) is 2.67. The molecule has 0 fully saturated rings. The quantitative estimate of drug-likeness (QED) is 0.510. The van der Waals surface area contributed by atoms with E-state index in [1.165, 1.54) is 0 Å². The molecule has 0 amide bonds. The fourth-order valence-corrected chi connectivity index (χ4v) is 1.93. The molecule has 1 aromatic carbocycles. The van der Waals surface area contributed by atoms with Crippen LogP contribution in [0.5, 0.6) is 5.75 Å². The lowest BCUT2D eigenvalue weighted by Crippen LogP contribution is -1.85. The number of aromatic nitrogens is 2. The van der Waals surface area contributed by atoms with Gasteiger partial charge in [-0.05, 0) is 17.3 Å². The van der Waals surface area contributed by atoms with E-state index in [4.69, 9.17) is 0 Å². The van der Waals surface area contributed by atoms with Crippen molar-refractivity contribution in [1.82, 2.24) is 9.97 Å². The second kappa shape index (κ2) is 3.48. The smallest absolute Gasteiger partial charge is 0.178 e. The van der Waals surface area contributed by atoms with Crippen LogP contribution in [0.15, 0.2) is 41.8 Å². The minimum absolute atomic E-state index is 0.0631. The van der Waals surface area contributed by atoms with Crippen molar-refractivity contribution in [3.63, 3.8) is 0 Å². The van der Waals surface area contributed by atoms with Gasteiger partial charge in [0.1, 0.15) is 11.0 Å². The van der Waals surface area contributed by atoms with Gasteiger partial charge < -0.3 is 5.11 Å². The Balaban J connectivity index is 2.68. The van der Waals surface area contributed by atoms with E-state index in [0.717, 1.165) is 10.8 Å². The van der Waals surface area contributed by atoms with E-state index in [2.05, 4.69) is 15.1 Å². The molecular formula is C12H7N3O2. The molecule has 0 aliphatic rings. The van der Waals surface area contributed by atoms with Gasteiger partial charge in [-0.15, -0.1) is 4.91 Å². The number of nitrogens with zero attached hydrogens (tertiary/aromatic N) is 3. The number of pyridine rings is 2. The second-order valence-corrected chi connectivity index (χ2v) is 3.59. The number of hydrogen-bond acceptors (Lipinski definition) is 5. The number of phenolic OH excluding ortho intramolecular Hbond substituents is 1. The van der Waals surface area contributed by atoms with Gasteiger partial charge in [0.25, 0.3) is 0 Å². The molecule has 0 spiro atoms. The Bertz CT molecular complexity index is 740. The summed E-state index contributed by atoms with van der Waals surface area (Å²) in [6, 6.07) is 7.17. The summed E-state index contributed by atoms with van der Waals surface area (Å²) in [5.74, 6) is -0.221. The monoisotopic (exact) mass is 225 g/mol. The molecule has 2 aromatic heterocycles. The first-order valence-electron chi connectivity index (χ1n) is 5.00. The van der Waals surface area contributed by atoms with Gasteiger partial charge in [-0.2, -0.15) is 0 Å². The van der Waals surface area contributed by atoms with Crippen molar-refractivity contribution in [3.8, 4) is 5.75 Å². The van der Waals surface area contributed by atoms with Crippen LogP contribution in [-0.4, -0.2) is 15.1 Å². The summed E-state index contributed by atoms with van der Waals surface area (Å²) in [6.07, 6.45) is 3.11. The third kappa shape index (κ3) is 1.25. The van der Waals surface area contributed by atoms with Gasteiger partial charge in [-0.1, -0.05) is 12.1 Å². The zero-order valence-corrected chi connectivity index (χ0v) is 8.66. The summed E-state index contributed by atoms with van der Waals surface area (Å²) in [5, 5.41) is 14.3. The van der Waals surface area contributed by atoms with Crippen LogP contribution in [0.25, 0.3) is 21.8 Å². The Hall–Kier alpha value is -2.56. The summed E-state index contributed by atoms with van der Waals surface area (Å²) in [5.41, 5.74) is 0.690. The molecular weight excluding hydrogens is 218 g/mol. The molecule has 2 heterocycles. The summed E-state index contributed by atoms with van der Waals surface area (Å²) in [6.45, 7) is 0. The van der Waals surface area contributed by atoms with Crippen LogP contribution in [0.4, 0.5) is 5.69 Å². The van der Waals surface area contributed by atoms with E-state index in [-0.39, 0.29) is 11.4 Å². The Kier molecular flexibility index (Phi) is 1.98. The first-order chi connectivity index (χ1) is 8.33. The molecule has 82 valence electrons. The summed E-state index contributed by atoms with van der Waals surface area (Å²) in [4.78, 5) is 19.0. The summed E-state index contributed by atoms with van der Waals surface area (Å²) >= 11 is 0. The van der Waals surface area contributed by atoms with Gasteiger partial charge >= 0.3 is 0 Å². The largest absolute Gasteiger partial charge is 0.504 e. The van der Waals surface area contributed by atoms with Crippen LogP contribution in [-0.2, 0) is 0 Å². The molecule has 5 nitrogen and oxygen atoms in total. The van der Waals surface area contributed by atoms with Gasteiger partial charge in [0.05, 0.1) is 0 Å². The highest BCUT2D eigenvalue weighted by Gasteiger charge is 2.15.